The van der Waals surface area contributed by atoms with Gasteiger partial charge in [-0.1, -0.05) is 53.0 Å². The highest BCUT2D eigenvalue weighted by Gasteiger charge is 2.39. The van der Waals surface area contributed by atoms with Gasteiger partial charge in [0.15, 0.2) is 0 Å². The van der Waals surface area contributed by atoms with Crippen molar-refractivity contribution in [3.05, 3.63) is 73.5 Å². The lowest BCUT2D eigenvalue weighted by atomic mass is 9.96. The highest BCUT2D eigenvalue weighted by Crippen LogP contribution is 2.41. The Morgan fingerprint density at radius 2 is 1.64 bits per heavy atom. The van der Waals surface area contributed by atoms with Gasteiger partial charge in [-0.15, -0.1) is 0 Å². The Labute approximate surface area is 222 Å². The Bertz CT molecular complexity index is 1090. The molecule has 1 N–H and O–H groups in total. The second-order valence-corrected chi connectivity index (χ2v) is 10.1. The Kier molecular flexibility index (Phi) is 10.4. The minimum absolute atomic E-state index is 0.0513. The molecule has 2 rings (SSSR count). The molecule has 0 saturated carbocycles. The summed E-state index contributed by atoms with van der Waals surface area (Å²) >= 11 is 18.1. The van der Waals surface area contributed by atoms with Crippen molar-refractivity contribution in [1.82, 2.24) is 5.32 Å². The zero-order valence-corrected chi connectivity index (χ0v) is 21.7. The summed E-state index contributed by atoms with van der Waals surface area (Å²) in [5.41, 5.74) is -0.452. The molecule has 198 valence electrons. The molecule has 2 nitrogen and oxygen atoms in total. The minimum atomic E-state index is -4.73. The number of aryl methyl sites for hydroxylation is 1. The van der Waals surface area contributed by atoms with Crippen LogP contribution in [0.3, 0.4) is 0 Å². The fraction of sp³-hybridized carbons (Fsp3) is 0.348. The molecule has 2 atom stereocenters. The summed E-state index contributed by atoms with van der Waals surface area (Å²) in [6.45, 7) is 2.86. The van der Waals surface area contributed by atoms with Crippen molar-refractivity contribution in [1.29, 1.82) is 0 Å². The van der Waals surface area contributed by atoms with Gasteiger partial charge in [0.2, 0.25) is 0 Å². The van der Waals surface area contributed by atoms with Gasteiger partial charge in [0, 0.05) is 11.8 Å². The van der Waals surface area contributed by atoms with Crippen LogP contribution in [0.4, 0.5) is 30.7 Å². The van der Waals surface area contributed by atoms with Crippen molar-refractivity contribution in [3.8, 4) is 0 Å². The summed E-state index contributed by atoms with van der Waals surface area (Å²) < 4.78 is 92.7. The molecular weight excluding hydrogens is 578 g/mol. The maximum Gasteiger partial charge on any atom is 0.399 e. The average molecular weight is 597 g/mol. The molecule has 13 heteroatoms. The summed E-state index contributed by atoms with van der Waals surface area (Å²) in [6, 6.07) is 3.58. The highest BCUT2D eigenvalue weighted by molar-refractivity contribution is 7.99. The molecule has 0 aliphatic heterocycles. The van der Waals surface area contributed by atoms with Gasteiger partial charge >= 0.3 is 12.4 Å². The van der Waals surface area contributed by atoms with Crippen molar-refractivity contribution in [3.63, 3.8) is 0 Å². The molecule has 0 heterocycles. The zero-order valence-electron chi connectivity index (χ0n) is 18.6. The van der Waals surface area contributed by atoms with E-state index in [2.05, 4.69) is 5.32 Å². The monoisotopic (exact) mass is 595 g/mol. The summed E-state index contributed by atoms with van der Waals surface area (Å²) in [6.07, 6.45) is -7.24. The molecule has 0 fully saturated rings. The molecule has 1 amide bonds. The number of carbonyl (C=O) groups excluding carboxylic acids is 1. The summed E-state index contributed by atoms with van der Waals surface area (Å²) in [7, 11) is 0. The second kappa shape index (κ2) is 12.3. The maximum absolute atomic E-state index is 14.7. The Morgan fingerprint density at radius 1 is 1.06 bits per heavy atom. The standard InChI is InChI=1S/C23H19Cl3F7NOS/c1-11-5-13(3-4-15(23(31,32)33)14-7-16(24)20(26)17(25)8-14)6-18(27)19(11)21(35)34-12(2)9-36-10-22(28,29)30/h3-8,12,15H,9-10H2,1-2H3,(H,34,35)/b4-3+/t12-,15?/m1/s1. The molecular formula is C23H19Cl3F7NOS. The van der Waals surface area contributed by atoms with Gasteiger partial charge in [0.25, 0.3) is 5.91 Å². The highest BCUT2D eigenvalue weighted by atomic mass is 35.5. The van der Waals surface area contributed by atoms with Crippen LogP contribution in [0.15, 0.2) is 30.3 Å². The SMILES string of the molecule is Cc1cc(/C=C/C(c2cc(Cl)c(Cl)c(Cl)c2)C(F)(F)F)cc(F)c1C(=O)N[C@H](C)CSCC(F)(F)F. The first-order valence-electron chi connectivity index (χ1n) is 10.1. The van der Waals surface area contributed by atoms with Crippen molar-refractivity contribution in [2.45, 2.75) is 38.2 Å². The van der Waals surface area contributed by atoms with E-state index in [0.29, 0.717) is 11.8 Å². The Balaban J connectivity index is 2.23. The molecule has 0 saturated heterocycles. The number of allylic oxidation sites excluding steroid dienone is 1. The summed E-state index contributed by atoms with van der Waals surface area (Å²) in [5, 5.41) is 2.01. The minimum Gasteiger partial charge on any atom is -0.349 e. The predicted octanol–water partition coefficient (Wildman–Crippen LogP) is 8.87. The van der Waals surface area contributed by atoms with Crippen LogP contribution in [0, 0.1) is 12.7 Å². The van der Waals surface area contributed by atoms with E-state index in [4.69, 9.17) is 34.8 Å². The third kappa shape index (κ3) is 8.75. The van der Waals surface area contributed by atoms with E-state index in [9.17, 15) is 35.5 Å². The molecule has 0 bridgehead atoms. The molecule has 36 heavy (non-hydrogen) atoms. The van der Waals surface area contributed by atoms with Crippen LogP contribution in [0.1, 0.15) is 39.9 Å². The number of amides is 1. The van der Waals surface area contributed by atoms with Crippen LogP contribution >= 0.6 is 46.6 Å². The lowest BCUT2D eigenvalue weighted by Crippen LogP contribution is -2.35. The average Bonchev–Trinajstić information content (AvgIpc) is 2.69. The number of nitrogens with one attached hydrogen (secondary N) is 1. The molecule has 0 aromatic heterocycles. The maximum atomic E-state index is 14.7. The summed E-state index contributed by atoms with van der Waals surface area (Å²) in [4.78, 5) is 12.5. The van der Waals surface area contributed by atoms with Gasteiger partial charge in [0.05, 0.1) is 32.3 Å². The molecule has 0 radical (unpaired) electrons. The van der Waals surface area contributed by atoms with Gasteiger partial charge in [-0.05, 0) is 48.7 Å². The van der Waals surface area contributed by atoms with Crippen molar-refractivity contribution >= 4 is 58.5 Å². The fourth-order valence-corrected chi connectivity index (χ4v) is 4.61. The number of hydrogen-bond donors (Lipinski definition) is 1. The van der Waals surface area contributed by atoms with E-state index < -0.39 is 41.8 Å². The van der Waals surface area contributed by atoms with Crippen LogP contribution in [0.5, 0.6) is 0 Å². The number of alkyl halides is 6. The molecule has 1 unspecified atom stereocenters. The number of carbonyl (C=O) groups is 1. The van der Waals surface area contributed by atoms with E-state index in [-0.39, 0.29) is 43.1 Å². The van der Waals surface area contributed by atoms with E-state index in [1.807, 2.05) is 0 Å². The van der Waals surface area contributed by atoms with E-state index in [1.54, 1.807) is 0 Å². The van der Waals surface area contributed by atoms with Crippen molar-refractivity contribution in [2.24, 2.45) is 0 Å². The van der Waals surface area contributed by atoms with E-state index in [1.165, 1.54) is 19.9 Å². The molecule has 0 spiro atoms. The fourth-order valence-electron chi connectivity index (χ4n) is 3.21. The number of benzene rings is 2. The number of halogens is 10. The predicted molar refractivity (Wildman–Crippen MR) is 131 cm³/mol. The van der Waals surface area contributed by atoms with Crippen LogP contribution in [0.2, 0.25) is 15.1 Å². The lowest BCUT2D eigenvalue weighted by molar-refractivity contribution is -0.139. The lowest BCUT2D eigenvalue weighted by Gasteiger charge is -2.18. The zero-order chi connectivity index (χ0) is 27.4. The van der Waals surface area contributed by atoms with E-state index in [0.717, 1.165) is 30.4 Å². The van der Waals surface area contributed by atoms with Crippen molar-refractivity contribution in [2.75, 3.05) is 11.5 Å². The largest absolute Gasteiger partial charge is 0.399 e. The first kappa shape index (κ1) is 30.6. The van der Waals surface area contributed by atoms with Gasteiger partial charge in [-0.25, -0.2) is 4.39 Å². The van der Waals surface area contributed by atoms with Crippen LogP contribution < -0.4 is 5.32 Å². The van der Waals surface area contributed by atoms with Crippen molar-refractivity contribution < 1.29 is 35.5 Å². The first-order chi connectivity index (χ1) is 16.5. The third-order valence-electron chi connectivity index (χ3n) is 4.75. The Hall–Kier alpha value is -1.62. The van der Waals surface area contributed by atoms with Gasteiger partial charge < -0.3 is 5.32 Å². The molecule has 2 aromatic carbocycles. The smallest absolute Gasteiger partial charge is 0.349 e. The third-order valence-corrected chi connectivity index (χ3v) is 7.21. The molecule has 0 aliphatic carbocycles. The number of rotatable bonds is 8. The summed E-state index contributed by atoms with van der Waals surface area (Å²) in [5.74, 6) is -5.12. The first-order valence-corrected chi connectivity index (χ1v) is 12.4. The normalized spacial score (nSPS) is 14.2. The topological polar surface area (TPSA) is 29.1 Å². The van der Waals surface area contributed by atoms with Gasteiger partial charge in [0.1, 0.15) is 5.82 Å². The van der Waals surface area contributed by atoms with Crippen LogP contribution in [0.25, 0.3) is 6.08 Å². The van der Waals surface area contributed by atoms with Crippen LogP contribution in [-0.2, 0) is 0 Å². The Morgan fingerprint density at radius 3 is 2.14 bits per heavy atom. The van der Waals surface area contributed by atoms with Gasteiger partial charge in [-0.3, -0.25) is 4.79 Å². The number of hydrogen-bond acceptors (Lipinski definition) is 2. The molecule has 0 aliphatic rings. The van der Waals surface area contributed by atoms with Crippen LogP contribution in [-0.4, -0.2) is 35.8 Å². The van der Waals surface area contributed by atoms with E-state index >= 15 is 0 Å². The second-order valence-electron chi connectivity index (χ2n) is 7.88. The quantitative estimate of drug-likeness (QED) is 0.244. The molecule has 2 aromatic rings. The number of thioether (sulfide) groups is 1. The van der Waals surface area contributed by atoms with Gasteiger partial charge in [-0.2, -0.15) is 38.1 Å².